The summed E-state index contributed by atoms with van der Waals surface area (Å²) in [5.74, 6) is -1.46. The van der Waals surface area contributed by atoms with Gasteiger partial charge in [0.05, 0.1) is 37.6 Å². The fraction of sp³-hybridized carbons (Fsp3) is 0.489. The van der Waals surface area contributed by atoms with Crippen molar-refractivity contribution < 1.29 is 42.3 Å². The number of alkyl halides is 3. The molecular formula is C45H50F3N7O6S. The maximum atomic E-state index is 13.6. The molecule has 5 heterocycles. The van der Waals surface area contributed by atoms with Gasteiger partial charge in [0.1, 0.15) is 17.4 Å². The number of benzene rings is 2. The summed E-state index contributed by atoms with van der Waals surface area (Å²) < 4.78 is 40.6. The van der Waals surface area contributed by atoms with Crippen LogP contribution in [0.5, 0.6) is 0 Å². The first-order valence-corrected chi connectivity index (χ1v) is 22.1. The topological polar surface area (TPSA) is 165 Å². The Labute approximate surface area is 361 Å². The molecule has 1 atom stereocenters. The number of pyridine rings is 1. The monoisotopic (exact) mass is 873 g/mol. The molecule has 4 aromatic rings. The number of aromatic nitrogens is 2. The molecule has 17 heteroatoms. The van der Waals surface area contributed by atoms with E-state index in [1.165, 1.54) is 17.4 Å². The third-order valence-electron chi connectivity index (χ3n) is 12.9. The van der Waals surface area contributed by atoms with Crippen LogP contribution in [-0.4, -0.2) is 93.7 Å². The number of thiazole rings is 1. The normalized spacial score (nSPS) is 21.7. The molecule has 2 saturated heterocycles. The lowest BCUT2D eigenvalue weighted by Crippen LogP contribution is -2.54. The largest absolute Gasteiger partial charge is 0.433 e. The van der Waals surface area contributed by atoms with Crippen LogP contribution >= 0.6 is 11.3 Å². The van der Waals surface area contributed by atoms with E-state index in [4.69, 9.17) is 4.98 Å². The smallest absolute Gasteiger partial charge is 0.386 e. The quantitative estimate of drug-likeness (QED) is 0.132. The van der Waals surface area contributed by atoms with Crippen molar-refractivity contribution >= 4 is 62.5 Å². The predicted molar refractivity (Wildman–Crippen MR) is 227 cm³/mol. The summed E-state index contributed by atoms with van der Waals surface area (Å²) in [6.45, 7) is 6.96. The second-order valence-electron chi connectivity index (χ2n) is 17.7. The SMILES string of the molecule is CN(CCC1CCN(C[C@H]2CC[C@H](c3nc4cc(C(C)(C)O)c(NC(=O)c5cccc(C(F)(F)F)n5)cc4s3)CC2)CC1)c1cccc2c1C(=O)N(C1CCC(=O)NC1=O)C2=O. The molecule has 13 nitrogen and oxygen atoms in total. The number of aliphatic hydroxyl groups is 1. The Morgan fingerprint density at radius 3 is 2.35 bits per heavy atom. The molecule has 4 aliphatic rings. The summed E-state index contributed by atoms with van der Waals surface area (Å²) in [6, 6.07) is 10.9. The number of amides is 5. The number of imide groups is 2. The number of fused-ring (bicyclic) bond motifs is 2. The van der Waals surface area contributed by atoms with Crippen molar-refractivity contribution in [2.45, 2.75) is 95.4 Å². The molecule has 3 N–H and O–H groups in total. The van der Waals surface area contributed by atoms with Gasteiger partial charge in [0, 0.05) is 43.7 Å². The highest BCUT2D eigenvalue weighted by Gasteiger charge is 2.46. The zero-order valence-corrected chi connectivity index (χ0v) is 35.7. The van der Waals surface area contributed by atoms with Crippen LogP contribution in [0.15, 0.2) is 48.5 Å². The lowest BCUT2D eigenvalue weighted by atomic mass is 9.81. The zero-order valence-electron chi connectivity index (χ0n) is 34.9. The van der Waals surface area contributed by atoms with E-state index in [0.717, 1.165) is 91.3 Å². The molecule has 3 fully saturated rings. The number of hydrogen-bond donors (Lipinski definition) is 3. The lowest BCUT2D eigenvalue weighted by molar-refractivity contribution is -0.141. The predicted octanol–water partition coefficient (Wildman–Crippen LogP) is 7.10. The van der Waals surface area contributed by atoms with E-state index in [0.29, 0.717) is 40.7 Å². The summed E-state index contributed by atoms with van der Waals surface area (Å²) in [6.07, 6.45) is 2.75. The minimum atomic E-state index is -4.69. The average Bonchev–Trinajstić information content (AvgIpc) is 3.77. The number of halogens is 3. The highest BCUT2D eigenvalue weighted by atomic mass is 32.1. The first-order chi connectivity index (χ1) is 29.4. The van der Waals surface area contributed by atoms with Gasteiger partial charge in [0.2, 0.25) is 11.8 Å². The maximum Gasteiger partial charge on any atom is 0.433 e. The van der Waals surface area contributed by atoms with Crippen molar-refractivity contribution in [3.8, 4) is 0 Å². The van der Waals surface area contributed by atoms with E-state index in [2.05, 4.69) is 20.5 Å². The molecule has 0 bridgehead atoms. The van der Waals surface area contributed by atoms with Crippen LogP contribution in [-0.2, 0) is 21.4 Å². The van der Waals surface area contributed by atoms with Gasteiger partial charge in [-0.25, -0.2) is 9.97 Å². The minimum Gasteiger partial charge on any atom is -0.386 e. The number of anilines is 2. The average molecular weight is 874 g/mol. The van der Waals surface area contributed by atoms with Crippen LogP contribution < -0.4 is 15.5 Å². The molecule has 328 valence electrons. The fourth-order valence-electron chi connectivity index (χ4n) is 9.41. The Kier molecular flexibility index (Phi) is 12.0. The Bertz CT molecular complexity index is 2420. The van der Waals surface area contributed by atoms with Crippen molar-refractivity contribution in [2.24, 2.45) is 11.8 Å². The first-order valence-electron chi connectivity index (χ1n) is 21.3. The van der Waals surface area contributed by atoms with Gasteiger partial charge in [0.15, 0.2) is 0 Å². The van der Waals surface area contributed by atoms with Crippen molar-refractivity contribution in [3.63, 3.8) is 0 Å². The van der Waals surface area contributed by atoms with Crippen molar-refractivity contribution in [1.29, 1.82) is 0 Å². The van der Waals surface area contributed by atoms with Gasteiger partial charge in [-0.3, -0.25) is 34.2 Å². The van der Waals surface area contributed by atoms with E-state index in [1.807, 2.05) is 18.0 Å². The van der Waals surface area contributed by atoms with Crippen LogP contribution in [0, 0.1) is 11.8 Å². The molecule has 1 aliphatic carbocycles. The molecule has 8 rings (SSSR count). The van der Waals surface area contributed by atoms with Crippen LogP contribution in [0.25, 0.3) is 10.2 Å². The second-order valence-corrected chi connectivity index (χ2v) is 18.7. The Hall–Kier alpha value is -5.26. The Morgan fingerprint density at radius 1 is 0.935 bits per heavy atom. The molecule has 1 unspecified atom stereocenters. The van der Waals surface area contributed by atoms with Gasteiger partial charge in [-0.15, -0.1) is 11.3 Å². The number of carbonyl (C=O) groups excluding carboxylic acids is 5. The highest BCUT2D eigenvalue weighted by molar-refractivity contribution is 7.18. The molecule has 2 aromatic carbocycles. The van der Waals surface area contributed by atoms with E-state index in [-0.39, 0.29) is 35.7 Å². The zero-order chi connectivity index (χ0) is 44.1. The fourth-order valence-corrected chi connectivity index (χ4v) is 10.6. The molecule has 3 aliphatic heterocycles. The number of hydrogen-bond acceptors (Lipinski definition) is 11. The van der Waals surface area contributed by atoms with Gasteiger partial charge in [-0.05, 0) is 127 Å². The summed E-state index contributed by atoms with van der Waals surface area (Å²) in [7, 11) is 1.93. The summed E-state index contributed by atoms with van der Waals surface area (Å²) in [5, 5.41) is 16.9. The van der Waals surface area contributed by atoms with Crippen molar-refractivity contribution in [3.05, 3.63) is 81.6 Å². The standard InChI is InChI=1S/C45H50F3N7O6S/c1-44(2,61)29-22-32-35(23-31(29)50-39(57)30-7-5-9-36(49-30)45(46,47)48)62-41(51-32)27-12-10-26(11-13-27)24-54-20-17-25(18-21-54)16-19-53(3)33-8-4-6-28-38(33)43(60)55(42(28)59)34-14-15-37(56)52-40(34)58/h4-9,22-23,25-27,34,61H,10-21,24H2,1-3H3,(H,50,57)(H,52,56,58)/t26-,27-,34?. The van der Waals surface area contributed by atoms with Crippen molar-refractivity contribution in [1.82, 2.24) is 25.1 Å². The van der Waals surface area contributed by atoms with Crippen LogP contribution in [0.4, 0.5) is 24.5 Å². The molecule has 0 radical (unpaired) electrons. The number of carbonyl (C=O) groups is 5. The summed E-state index contributed by atoms with van der Waals surface area (Å²) in [5.41, 5.74) is -0.280. The summed E-state index contributed by atoms with van der Waals surface area (Å²) in [4.78, 5) is 78.3. The number of likely N-dealkylation sites (tertiary alicyclic amines) is 1. The van der Waals surface area contributed by atoms with Crippen LogP contribution in [0.3, 0.4) is 0 Å². The van der Waals surface area contributed by atoms with Gasteiger partial charge >= 0.3 is 6.18 Å². The molecule has 62 heavy (non-hydrogen) atoms. The van der Waals surface area contributed by atoms with E-state index < -0.39 is 53.0 Å². The van der Waals surface area contributed by atoms with Crippen LogP contribution in [0.1, 0.15) is 125 Å². The Morgan fingerprint density at radius 2 is 1.66 bits per heavy atom. The molecule has 5 amide bonds. The minimum absolute atomic E-state index is 0.0725. The van der Waals surface area contributed by atoms with E-state index in [9.17, 15) is 42.3 Å². The van der Waals surface area contributed by atoms with E-state index in [1.54, 1.807) is 38.1 Å². The first kappa shape index (κ1) is 43.4. The van der Waals surface area contributed by atoms with Gasteiger partial charge in [-0.2, -0.15) is 13.2 Å². The van der Waals surface area contributed by atoms with E-state index >= 15 is 0 Å². The number of nitrogens with zero attached hydrogens (tertiary/aromatic N) is 5. The van der Waals surface area contributed by atoms with Crippen LogP contribution in [0.2, 0.25) is 0 Å². The third-order valence-corrected chi connectivity index (χ3v) is 14.1. The molecule has 1 saturated carbocycles. The maximum absolute atomic E-state index is 13.6. The van der Waals surface area contributed by atoms with Gasteiger partial charge < -0.3 is 20.2 Å². The summed E-state index contributed by atoms with van der Waals surface area (Å²) >= 11 is 1.54. The second kappa shape index (κ2) is 17.1. The molecule has 2 aromatic heterocycles. The molecule has 0 spiro atoms. The van der Waals surface area contributed by atoms with Crippen molar-refractivity contribution in [2.75, 3.05) is 43.4 Å². The molecular weight excluding hydrogens is 824 g/mol. The number of nitrogens with one attached hydrogen (secondary N) is 2. The Balaban J connectivity index is 0.822. The highest BCUT2D eigenvalue weighted by Crippen LogP contribution is 2.42. The number of rotatable bonds is 11. The lowest BCUT2D eigenvalue weighted by Gasteiger charge is -2.37. The third kappa shape index (κ3) is 8.97. The number of piperidine rings is 2. The van der Waals surface area contributed by atoms with Gasteiger partial charge in [-0.1, -0.05) is 12.1 Å². The van der Waals surface area contributed by atoms with Gasteiger partial charge in [0.25, 0.3) is 17.7 Å².